The fourth-order valence-electron chi connectivity index (χ4n) is 2.58. The number of nitrogens with one attached hydrogen (secondary N) is 1. The van der Waals surface area contributed by atoms with Crippen LogP contribution in [0.2, 0.25) is 0 Å². The number of fused-ring (bicyclic) bond motifs is 1. The van der Waals surface area contributed by atoms with Gasteiger partial charge in [0.1, 0.15) is 18.1 Å². The molecule has 0 fully saturated rings. The Morgan fingerprint density at radius 3 is 3.00 bits per heavy atom. The molecule has 130 valence electrons. The van der Waals surface area contributed by atoms with E-state index in [1.54, 1.807) is 37.7 Å². The topological polar surface area (TPSA) is 90.2 Å². The van der Waals surface area contributed by atoms with Gasteiger partial charge in [-0.2, -0.15) is 0 Å². The third-order valence-electron chi connectivity index (χ3n) is 3.92. The predicted molar refractivity (Wildman–Crippen MR) is 93.7 cm³/mol. The van der Waals surface area contributed by atoms with Crippen molar-refractivity contribution in [3.8, 4) is 17.1 Å². The molecule has 0 unspecified atom stereocenters. The molecule has 0 saturated heterocycles. The van der Waals surface area contributed by atoms with E-state index in [1.807, 2.05) is 24.3 Å². The molecule has 0 aliphatic rings. The van der Waals surface area contributed by atoms with Gasteiger partial charge < -0.3 is 19.0 Å². The predicted octanol–water partition coefficient (Wildman–Crippen LogP) is 3.58. The van der Waals surface area contributed by atoms with Gasteiger partial charge in [-0.3, -0.25) is 0 Å². The van der Waals surface area contributed by atoms with Gasteiger partial charge in [0.25, 0.3) is 0 Å². The molecule has 4 rings (SSSR count). The average Bonchev–Trinajstić information content (AvgIpc) is 3.34. The highest BCUT2D eigenvalue weighted by Gasteiger charge is 2.12. The van der Waals surface area contributed by atoms with E-state index < -0.39 is 5.97 Å². The molecule has 0 aliphatic heterocycles. The zero-order valence-electron chi connectivity index (χ0n) is 13.9. The molecular formula is C19H15N3O4. The van der Waals surface area contributed by atoms with Gasteiger partial charge in [-0.1, -0.05) is 17.3 Å². The quantitative estimate of drug-likeness (QED) is 0.554. The Hall–Kier alpha value is -3.61. The van der Waals surface area contributed by atoms with Crippen LogP contribution < -0.4 is 4.74 Å². The number of H-pyrrole nitrogens is 1. The Labute approximate surface area is 148 Å². The van der Waals surface area contributed by atoms with Crippen LogP contribution in [0.1, 0.15) is 16.1 Å². The second-order valence-electron chi connectivity index (χ2n) is 5.63. The van der Waals surface area contributed by atoms with Crippen molar-refractivity contribution >= 4 is 17.0 Å². The number of ether oxygens (including phenoxy) is 2. The number of hydrogen-bond donors (Lipinski definition) is 1. The maximum atomic E-state index is 12.2. The standard InChI is InChI=1S/C19H15N3O4/c1-24-15-4-2-3-12(7-15)18-9-14(22-26-18)10-25-19(23)13-5-6-16-17(8-13)21-11-20-16/h2-9,11H,10H2,1H3,(H,20,21). The number of aromatic nitrogens is 3. The lowest BCUT2D eigenvalue weighted by molar-refractivity contribution is 0.0464. The molecule has 0 aliphatic carbocycles. The van der Waals surface area contributed by atoms with Gasteiger partial charge in [-0.15, -0.1) is 0 Å². The van der Waals surface area contributed by atoms with Crippen LogP contribution in [0.25, 0.3) is 22.4 Å². The lowest BCUT2D eigenvalue weighted by atomic mass is 10.1. The van der Waals surface area contributed by atoms with Crippen molar-refractivity contribution in [2.24, 2.45) is 0 Å². The smallest absolute Gasteiger partial charge is 0.338 e. The van der Waals surface area contributed by atoms with E-state index in [1.165, 1.54) is 0 Å². The molecule has 2 aromatic heterocycles. The Bertz CT molecular complexity index is 1070. The molecule has 7 nitrogen and oxygen atoms in total. The summed E-state index contributed by atoms with van der Waals surface area (Å²) in [5.74, 6) is 0.863. The van der Waals surface area contributed by atoms with Gasteiger partial charge in [-0.05, 0) is 30.3 Å². The molecule has 26 heavy (non-hydrogen) atoms. The summed E-state index contributed by atoms with van der Waals surface area (Å²) in [6, 6.07) is 14.3. The van der Waals surface area contributed by atoms with Crippen LogP contribution >= 0.6 is 0 Å². The summed E-state index contributed by atoms with van der Waals surface area (Å²) in [7, 11) is 1.60. The fraction of sp³-hybridized carbons (Fsp3) is 0.105. The summed E-state index contributed by atoms with van der Waals surface area (Å²) in [5, 5.41) is 3.95. The summed E-state index contributed by atoms with van der Waals surface area (Å²) in [6.45, 7) is 0.0211. The minimum Gasteiger partial charge on any atom is -0.497 e. The molecule has 0 radical (unpaired) electrons. The molecule has 4 aromatic rings. The molecule has 2 aromatic carbocycles. The van der Waals surface area contributed by atoms with Crippen LogP contribution in [-0.4, -0.2) is 28.2 Å². The van der Waals surface area contributed by atoms with Gasteiger partial charge in [0.05, 0.1) is 30.0 Å². The van der Waals surface area contributed by atoms with Gasteiger partial charge in [0.2, 0.25) is 0 Å². The molecule has 0 amide bonds. The van der Waals surface area contributed by atoms with E-state index in [-0.39, 0.29) is 6.61 Å². The lowest BCUT2D eigenvalue weighted by Crippen LogP contribution is -2.05. The fourth-order valence-corrected chi connectivity index (χ4v) is 2.58. The second kappa shape index (κ2) is 6.72. The van der Waals surface area contributed by atoms with Gasteiger partial charge in [0, 0.05) is 11.6 Å². The van der Waals surface area contributed by atoms with Crippen LogP contribution in [0.5, 0.6) is 5.75 Å². The number of carbonyl (C=O) groups excluding carboxylic acids is 1. The number of aromatic amines is 1. The minimum atomic E-state index is -0.438. The van der Waals surface area contributed by atoms with Crippen molar-refractivity contribution in [3.05, 3.63) is 66.1 Å². The van der Waals surface area contributed by atoms with Gasteiger partial charge in [0.15, 0.2) is 5.76 Å². The molecule has 0 saturated carbocycles. The highest BCUT2D eigenvalue weighted by Crippen LogP contribution is 2.24. The summed E-state index contributed by atoms with van der Waals surface area (Å²) >= 11 is 0. The Morgan fingerprint density at radius 1 is 1.19 bits per heavy atom. The van der Waals surface area contributed by atoms with E-state index in [0.717, 1.165) is 22.3 Å². The Morgan fingerprint density at radius 2 is 2.12 bits per heavy atom. The van der Waals surface area contributed by atoms with Crippen LogP contribution in [-0.2, 0) is 11.3 Å². The van der Waals surface area contributed by atoms with E-state index >= 15 is 0 Å². The largest absolute Gasteiger partial charge is 0.497 e. The van der Waals surface area contributed by atoms with E-state index in [0.29, 0.717) is 17.0 Å². The third-order valence-corrected chi connectivity index (χ3v) is 3.92. The highest BCUT2D eigenvalue weighted by atomic mass is 16.5. The first-order chi connectivity index (χ1) is 12.7. The van der Waals surface area contributed by atoms with E-state index in [2.05, 4.69) is 15.1 Å². The monoisotopic (exact) mass is 349 g/mol. The van der Waals surface area contributed by atoms with Crippen LogP contribution in [0.15, 0.2) is 59.4 Å². The number of esters is 1. The third kappa shape index (κ3) is 3.14. The first kappa shape index (κ1) is 15.9. The van der Waals surface area contributed by atoms with Crippen LogP contribution in [0, 0.1) is 0 Å². The van der Waals surface area contributed by atoms with Crippen molar-refractivity contribution in [1.29, 1.82) is 0 Å². The minimum absolute atomic E-state index is 0.0211. The molecule has 7 heteroatoms. The van der Waals surface area contributed by atoms with E-state index in [4.69, 9.17) is 14.0 Å². The number of imidazole rings is 1. The van der Waals surface area contributed by atoms with Crippen LogP contribution in [0.3, 0.4) is 0 Å². The molecule has 2 heterocycles. The van der Waals surface area contributed by atoms with Gasteiger partial charge in [-0.25, -0.2) is 9.78 Å². The van der Waals surface area contributed by atoms with Crippen molar-refractivity contribution in [1.82, 2.24) is 15.1 Å². The highest BCUT2D eigenvalue weighted by molar-refractivity contribution is 5.93. The SMILES string of the molecule is COc1cccc(-c2cc(COC(=O)c3ccc4nc[nH]c4c3)no2)c1. The summed E-state index contributed by atoms with van der Waals surface area (Å²) in [6.07, 6.45) is 1.58. The zero-order chi connectivity index (χ0) is 17.9. The lowest BCUT2D eigenvalue weighted by Gasteiger charge is -2.02. The van der Waals surface area contributed by atoms with Crippen molar-refractivity contribution in [2.45, 2.75) is 6.61 Å². The molecule has 0 spiro atoms. The number of nitrogens with zero attached hydrogens (tertiary/aromatic N) is 2. The second-order valence-corrected chi connectivity index (χ2v) is 5.63. The van der Waals surface area contributed by atoms with E-state index in [9.17, 15) is 4.79 Å². The first-order valence-electron chi connectivity index (χ1n) is 7.93. The number of benzene rings is 2. The van der Waals surface area contributed by atoms with Crippen LogP contribution in [0.4, 0.5) is 0 Å². The van der Waals surface area contributed by atoms with Crippen molar-refractivity contribution in [3.63, 3.8) is 0 Å². The summed E-state index contributed by atoms with van der Waals surface area (Å²) in [4.78, 5) is 19.3. The maximum absolute atomic E-state index is 12.2. The Kier molecular flexibility index (Phi) is 4.10. The molecular weight excluding hydrogens is 334 g/mol. The Balaban J connectivity index is 1.44. The number of rotatable bonds is 5. The molecule has 1 N–H and O–H groups in total. The average molecular weight is 349 g/mol. The number of methoxy groups -OCH3 is 1. The molecule has 0 bridgehead atoms. The van der Waals surface area contributed by atoms with Crippen molar-refractivity contribution in [2.75, 3.05) is 7.11 Å². The number of hydrogen-bond acceptors (Lipinski definition) is 6. The number of carbonyl (C=O) groups is 1. The maximum Gasteiger partial charge on any atom is 0.338 e. The van der Waals surface area contributed by atoms with Gasteiger partial charge >= 0.3 is 5.97 Å². The zero-order valence-corrected chi connectivity index (χ0v) is 13.9. The summed E-state index contributed by atoms with van der Waals surface area (Å²) in [5.41, 5.74) is 3.37. The molecule has 0 atom stereocenters. The first-order valence-corrected chi connectivity index (χ1v) is 7.93. The summed E-state index contributed by atoms with van der Waals surface area (Å²) < 4.78 is 15.8. The normalized spacial score (nSPS) is 10.8. The van der Waals surface area contributed by atoms with Crippen molar-refractivity contribution < 1.29 is 18.8 Å².